The summed E-state index contributed by atoms with van der Waals surface area (Å²) in [5.74, 6) is -1.06. The molecule has 0 aromatic heterocycles. The molecule has 1 atom stereocenters. The molecule has 0 aromatic carbocycles. The number of methoxy groups -OCH3 is 1. The predicted octanol–water partition coefficient (Wildman–Crippen LogP) is -0.0359. The maximum Gasteiger partial charge on any atom is 0.503 e. The Bertz CT molecular complexity index is 173. The summed E-state index contributed by atoms with van der Waals surface area (Å²) >= 11 is 0. The Kier molecular flexibility index (Phi) is 5.89. The molecule has 0 rings (SSSR count). The number of carbonyl (C=O) groups is 1. The normalized spacial score (nSPS) is 14.0. The molecule has 14 heavy (non-hydrogen) atoms. The smallest absolute Gasteiger partial charge is 0.479 e. The Morgan fingerprint density at radius 2 is 1.64 bits per heavy atom. The molecule has 0 aliphatic carbocycles. The van der Waals surface area contributed by atoms with Gasteiger partial charge in [0.2, 0.25) is 0 Å². The third kappa shape index (κ3) is 3.35. The lowest BCUT2D eigenvalue weighted by Gasteiger charge is -2.26. The van der Waals surface area contributed by atoms with Crippen LogP contribution in [0.2, 0.25) is 6.04 Å². The number of aliphatic carboxylic acids is 1. The summed E-state index contributed by atoms with van der Waals surface area (Å²) < 4.78 is 20.0. The summed E-state index contributed by atoms with van der Waals surface area (Å²) in [4.78, 5) is 10.7. The summed E-state index contributed by atoms with van der Waals surface area (Å²) in [5, 5.41) is 8.75. The number of hydrogen-bond donors (Lipinski definition) is 1. The van der Waals surface area contributed by atoms with Gasteiger partial charge in [0.1, 0.15) is 0 Å². The molecule has 0 saturated heterocycles. The SMILES string of the molecule is COC(C[Si](OC)(OC)OC)C(=O)O. The lowest BCUT2D eigenvalue weighted by Crippen LogP contribution is -2.47. The second-order valence-corrected chi connectivity index (χ2v) is 5.56. The van der Waals surface area contributed by atoms with Crippen molar-refractivity contribution < 1.29 is 27.9 Å². The highest BCUT2D eigenvalue weighted by Crippen LogP contribution is 2.16. The highest BCUT2D eigenvalue weighted by Gasteiger charge is 2.43. The summed E-state index contributed by atoms with van der Waals surface area (Å²) in [6, 6.07) is 0.0856. The van der Waals surface area contributed by atoms with Crippen molar-refractivity contribution in [3.8, 4) is 0 Å². The van der Waals surface area contributed by atoms with E-state index in [4.69, 9.17) is 23.1 Å². The van der Waals surface area contributed by atoms with Gasteiger partial charge in [-0.1, -0.05) is 0 Å². The number of hydrogen-bond acceptors (Lipinski definition) is 5. The van der Waals surface area contributed by atoms with Gasteiger partial charge < -0.3 is 23.1 Å². The van der Waals surface area contributed by atoms with E-state index in [9.17, 15) is 4.79 Å². The fourth-order valence-corrected chi connectivity index (χ4v) is 2.79. The van der Waals surface area contributed by atoms with Crippen LogP contribution < -0.4 is 0 Å². The van der Waals surface area contributed by atoms with Gasteiger partial charge in [-0.15, -0.1) is 0 Å². The van der Waals surface area contributed by atoms with Crippen molar-refractivity contribution in [2.24, 2.45) is 0 Å². The minimum absolute atomic E-state index is 0.0856. The van der Waals surface area contributed by atoms with Gasteiger partial charge in [-0.2, -0.15) is 0 Å². The molecular formula is C7H16O6Si. The Balaban J connectivity index is 4.47. The Morgan fingerprint density at radius 3 is 1.86 bits per heavy atom. The lowest BCUT2D eigenvalue weighted by molar-refractivity contribution is -0.147. The second kappa shape index (κ2) is 6.09. The molecule has 1 N–H and O–H groups in total. The zero-order chi connectivity index (χ0) is 11.2. The van der Waals surface area contributed by atoms with Crippen LogP contribution in [0.25, 0.3) is 0 Å². The average Bonchev–Trinajstić information content (AvgIpc) is 2.20. The van der Waals surface area contributed by atoms with Crippen LogP contribution in [-0.4, -0.2) is 54.4 Å². The molecule has 0 aromatic rings. The quantitative estimate of drug-likeness (QED) is 0.612. The van der Waals surface area contributed by atoms with Crippen molar-refractivity contribution >= 4 is 14.8 Å². The molecule has 0 aliphatic rings. The van der Waals surface area contributed by atoms with Crippen LogP contribution in [-0.2, 0) is 22.8 Å². The molecule has 6 nitrogen and oxygen atoms in total. The van der Waals surface area contributed by atoms with E-state index < -0.39 is 20.9 Å². The van der Waals surface area contributed by atoms with Gasteiger partial charge in [0.05, 0.1) is 6.04 Å². The number of ether oxygens (including phenoxy) is 1. The number of rotatable bonds is 7. The molecule has 0 spiro atoms. The summed E-state index contributed by atoms with van der Waals surface area (Å²) in [7, 11) is 2.72. The third-order valence-electron chi connectivity index (χ3n) is 1.93. The number of carboxylic acids is 1. The summed E-state index contributed by atoms with van der Waals surface area (Å²) in [6.07, 6.45) is -0.971. The average molecular weight is 224 g/mol. The van der Waals surface area contributed by atoms with Crippen molar-refractivity contribution in [3.63, 3.8) is 0 Å². The molecular weight excluding hydrogens is 208 g/mol. The lowest BCUT2D eigenvalue weighted by atomic mass is 10.4. The molecule has 7 heteroatoms. The monoisotopic (exact) mass is 224 g/mol. The van der Waals surface area contributed by atoms with Gasteiger partial charge in [0.25, 0.3) is 0 Å². The standard InChI is InChI=1S/C7H16O6Si/c1-10-6(7(8)9)5-14(11-2,12-3)13-4/h6H,5H2,1-4H3,(H,8,9). The van der Waals surface area contributed by atoms with E-state index in [0.29, 0.717) is 0 Å². The molecule has 84 valence electrons. The molecule has 0 heterocycles. The van der Waals surface area contributed by atoms with Crippen molar-refractivity contribution in [1.29, 1.82) is 0 Å². The van der Waals surface area contributed by atoms with E-state index in [1.807, 2.05) is 0 Å². The van der Waals surface area contributed by atoms with Crippen LogP contribution in [0, 0.1) is 0 Å². The molecule has 1 unspecified atom stereocenters. The van der Waals surface area contributed by atoms with Gasteiger partial charge in [-0.05, 0) is 0 Å². The first kappa shape index (κ1) is 13.5. The van der Waals surface area contributed by atoms with Crippen molar-refractivity contribution in [2.75, 3.05) is 28.4 Å². The van der Waals surface area contributed by atoms with E-state index in [1.165, 1.54) is 28.4 Å². The van der Waals surface area contributed by atoms with Gasteiger partial charge in [0.15, 0.2) is 6.10 Å². The third-order valence-corrected chi connectivity index (χ3v) is 4.67. The molecule has 0 aliphatic heterocycles. The van der Waals surface area contributed by atoms with Crippen molar-refractivity contribution in [3.05, 3.63) is 0 Å². The van der Waals surface area contributed by atoms with Crippen LogP contribution in [0.3, 0.4) is 0 Å². The minimum Gasteiger partial charge on any atom is -0.479 e. The topological polar surface area (TPSA) is 74.2 Å². The maximum atomic E-state index is 10.7. The fraction of sp³-hybridized carbons (Fsp3) is 0.857. The van der Waals surface area contributed by atoms with Crippen LogP contribution in [0.4, 0.5) is 0 Å². The van der Waals surface area contributed by atoms with E-state index in [1.54, 1.807) is 0 Å². The van der Waals surface area contributed by atoms with E-state index in [0.717, 1.165) is 0 Å². The molecule has 0 radical (unpaired) electrons. The highest BCUT2D eigenvalue weighted by molar-refractivity contribution is 6.61. The van der Waals surface area contributed by atoms with Gasteiger partial charge >= 0.3 is 14.8 Å². The Labute approximate surface area is 84.1 Å². The zero-order valence-electron chi connectivity index (χ0n) is 8.77. The first-order chi connectivity index (χ1) is 6.55. The fourth-order valence-electron chi connectivity index (χ4n) is 0.999. The first-order valence-electron chi connectivity index (χ1n) is 3.96. The Hall–Kier alpha value is -0.473. The molecule has 0 fully saturated rings. The van der Waals surface area contributed by atoms with E-state index in [2.05, 4.69) is 0 Å². The van der Waals surface area contributed by atoms with Crippen molar-refractivity contribution in [1.82, 2.24) is 0 Å². The van der Waals surface area contributed by atoms with Gasteiger partial charge in [-0.25, -0.2) is 4.79 Å². The minimum atomic E-state index is -2.87. The van der Waals surface area contributed by atoms with E-state index in [-0.39, 0.29) is 6.04 Å². The van der Waals surface area contributed by atoms with Crippen molar-refractivity contribution in [2.45, 2.75) is 12.1 Å². The molecule has 0 amide bonds. The van der Waals surface area contributed by atoms with E-state index >= 15 is 0 Å². The van der Waals surface area contributed by atoms with Gasteiger partial charge in [-0.3, -0.25) is 0 Å². The second-order valence-electron chi connectivity index (χ2n) is 2.56. The van der Waals surface area contributed by atoms with Crippen LogP contribution in [0.5, 0.6) is 0 Å². The predicted molar refractivity (Wildman–Crippen MR) is 50.0 cm³/mol. The van der Waals surface area contributed by atoms with Gasteiger partial charge in [0, 0.05) is 28.4 Å². The maximum absolute atomic E-state index is 10.7. The summed E-state index contributed by atoms with van der Waals surface area (Å²) in [5.41, 5.74) is 0. The largest absolute Gasteiger partial charge is 0.503 e. The number of carboxylic acid groups (broad SMARTS) is 1. The molecule has 0 bridgehead atoms. The molecule has 0 saturated carbocycles. The summed E-state index contributed by atoms with van der Waals surface area (Å²) in [6.45, 7) is 0. The van der Waals surface area contributed by atoms with Crippen LogP contribution in [0.1, 0.15) is 0 Å². The Morgan fingerprint density at radius 1 is 1.21 bits per heavy atom. The highest BCUT2D eigenvalue weighted by atomic mass is 28.4. The van der Waals surface area contributed by atoms with Crippen LogP contribution in [0.15, 0.2) is 0 Å². The zero-order valence-corrected chi connectivity index (χ0v) is 9.77. The first-order valence-corrected chi connectivity index (χ1v) is 5.89. The van der Waals surface area contributed by atoms with Crippen LogP contribution >= 0.6 is 0 Å².